The SMILES string of the molecule is NNC(CC1CCCCC1)c1c(F)cccc1Cl. The van der Waals surface area contributed by atoms with Crippen LogP contribution in [0, 0.1) is 11.7 Å². The van der Waals surface area contributed by atoms with E-state index in [9.17, 15) is 4.39 Å². The topological polar surface area (TPSA) is 38.0 Å². The Morgan fingerprint density at radius 2 is 2.06 bits per heavy atom. The fourth-order valence-electron chi connectivity index (χ4n) is 2.87. The minimum absolute atomic E-state index is 0.193. The van der Waals surface area contributed by atoms with Crippen LogP contribution in [0.5, 0.6) is 0 Å². The van der Waals surface area contributed by atoms with E-state index >= 15 is 0 Å². The summed E-state index contributed by atoms with van der Waals surface area (Å²) in [7, 11) is 0. The molecule has 0 heterocycles. The Balaban J connectivity index is 2.12. The summed E-state index contributed by atoms with van der Waals surface area (Å²) in [6.07, 6.45) is 7.14. The molecular formula is C14H20ClFN2. The Bertz CT molecular complexity index is 371. The average Bonchev–Trinajstić information content (AvgIpc) is 2.38. The number of halogens is 2. The Hall–Kier alpha value is -0.640. The fraction of sp³-hybridized carbons (Fsp3) is 0.571. The van der Waals surface area contributed by atoms with Crippen molar-refractivity contribution in [2.24, 2.45) is 11.8 Å². The van der Waals surface area contributed by atoms with Crippen LogP contribution in [-0.2, 0) is 0 Å². The largest absolute Gasteiger partial charge is 0.271 e. The van der Waals surface area contributed by atoms with Gasteiger partial charge >= 0.3 is 0 Å². The van der Waals surface area contributed by atoms with Gasteiger partial charge in [-0.15, -0.1) is 0 Å². The van der Waals surface area contributed by atoms with Gasteiger partial charge in [-0.1, -0.05) is 49.8 Å². The first-order valence-electron chi connectivity index (χ1n) is 6.62. The molecule has 18 heavy (non-hydrogen) atoms. The molecule has 1 atom stereocenters. The molecular weight excluding hydrogens is 251 g/mol. The lowest BCUT2D eigenvalue weighted by Gasteiger charge is -2.27. The van der Waals surface area contributed by atoms with Crippen LogP contribution in [0.25, 0.3) is 0 Å². The number of nitrogens with two attached hydrogens (primary N) is 1. The van der Waals surface area contributed by atoms with Crippen molar-refractivity contribution >= 4 is 11.6 Å². The second-order valence-corrected chi connectivity index (χ2v) is 5.50. The number of benzene rings is 1. The molecule has 0 amide bonds. The van der Waals surface area contributed by atoms with E-state index in [0.29, 0.717) is 16.5 Å². The van der Waals surface area contributed by atoms with Gasteiger partial charge in [-0.25, -0.2) is 4.39 Å². The van der Waals surface area contributed by atoms with Gasteiger partial charge in [0.2, 0.25) is 0 Å². The van der Waals surface area contributed by atoms with Gasteiger partial charge in [-0.3, -0.25) is 11.3 Å². The van der Waals surface area contributed by atoms with Gasteiger partial charge in [0.05, 0.1) is 6.04 Å². The Labute approximate surface area is 113 Å². The van der Waals surface area contributed by atoms with Crippen LogP contribution in [0.4, 0.5) is 4.39 Å². The Morgan fingerprint density at radius 3 is 2.67 bits per heavy atom. The van der Waals surface area contributed by atoms with E-state index in [1.165, 1.54) is 38.2 Å². The highest BCUT2D eigenvalue weighted by Gasteiger charge is 2.23. The molecule has 1 aromatic carbocycles. The highest BCUT2D eigenvalue weighted by molar-refractivity contribution is 6.31. The van der Waals surface area contributed by atoms with Crippen molar-refractivity contribution in [1.82, 2.24) is 5.43 Å². The third-order valence-electron chi connectivity index (χ3n) is 3.84. The molecule has 2 rings (SSSR count). The molecule has 0 aliphatic heterocycles. The average molecular weight is 271 g/mol. The van der Waals surface area contributed by atoms with Crippen LogP contribution in [0.2, 0.25) is 5.02 Å². The lowest BCUT2D eigenvalue weighted by Crippen LogP contribution is -2.31. The number of nitrogens with one attached hydrogen (secondary N) is 1. The molecule has 4 heteroatoms. The molecule has 1 aliphatic carbocycles. The Kier molecular flexibility index (Phi) is 4.98. The van der Waals surface area contributed by atoms with Crippen LogP contribution < -0.4 is 11.3 Å². The van der Waals surface area contributed by atoms with Crippen molar-refractivity contribution < 1.29 is 4.39 Å². The molecule has 0 spiro atoms. The standard InChI is InChI=1S/C14H20ClFN2/c15-11-7-4-8-12(16)14(11)13(18-17)9-10-5-2-1-3-6-10/h4,7-8,10,13,18H,1-3,5-6,9,17H2. The second kappa shape index (κ2) is 6.50. The molecule has 1 saturated carbocycles. The summed E-state index contributed by atoms with van der Waals surface area (Å²) in [6.45, 7) is 0. The maximum Gasteiger partial charge on any atom is 0.129 e. The Morgan fingerprint density at radius 1 is 1.33 bits per heavy atom. The molecule has 1 unspecified atom stereocenters. The summed E-state index contributed by atoms with van der Waals surface area (Å²) >= 11 is 6.09. The second-order valence-electron chi connectivity index (χ2n) is 5.09. The van der Waals surface area contributed by atoms with Gasteiger partial charge in [-0.2, -0.15) is 0 Å². The van der Waals surface area contributed by atoms with E-state index < -0.39 is 0 Å². The number of hydrazine groups is 1. The first-order valence-corrected chi connectivity index (χ1v) is 7.00. The van der Waals surface area contributed by atoms with E-state index in [1.807, 2.05) is 0 Å². The molecule has 0 bridgehead atoms. The monoisotopic (exact) mass is 270 g/mol. The van der Waals surface area contributed by atoms with Crippen LogP contribution in [0.3, 0.4) is 0 Å². The van der Waals surface area contributed by atoms with E-state index in [4.69, 9.17) is 17.4 Å². The number of hydrogen-bond donors (Lipinski definition) is 2. The summed E-state index contributed by atoms with van der Waals surface area (Å²) in [5.41, 5.74) is 3.23. The predicted molar refractivity (Wildman–Crippen MR) is 72.7 cm³/mol. The summed E-state index contributed by atoms with van der Waals surface area (Å²) in [5, 5.41) is 0.453. The summed E-state index contributed by atoms with van der Waals surface area (Å²) < 4.78 is 13.9. The third kappa shape index (κ3) is 3.22. The van der Waals surface area contributed by atoms with Crippen molar-refractivity contribution in [3.8, 4) is 0 Å². The lowest BCUT2D eigenvalue weighted by molar-refractivity contribution is 0.298. The minimum Gasteiger partial charge on any atom is -0.271 e. The number of rotatable bonds is 4. The zero-order valence-electron chi connectivity index (χ0n) is 10.5. The highest BCUT2D eigenvalue weighted by atomic mass is 35.5. The van der Waals surface area contributed by atoms with Gasteiger partial charge in [-0.05, 0) is 24.5 Å². The molecule has 0 radical (unpaired) electrons. The van der Waals surface area contributed by atoms with Crippen LogP contribution in [0.1, 0.15) is 50.1 Å². The molecule has 3 N–H and O–H groups in total. The fourth-order valence-corrected chi connectivity index (χ4v) is 3.16. The van der Waals surface area contributed by atoms with E-state index in [1.54, 1.807) is 12.1 Å². The summed E-state index contributed by atoms with van der Waals surface area (Å²) in [4.78, 5) is 0. The van der Waals surface area contributed by atoms with E-state index in [2.05, 4.69) is 5.43 Å². The van der Waals surface area contributed by atoms with Gasteiger partial charge in [0, 0.05) is 10.6 Å². The molecule has 1 aromatic rings. The van der Waals surface area contributed by atoms with Crippen LogP contribution >= 0.6 is 11.6 Å². The first kappa shape index (κ1) is 13.8. The van der Waals surface area contributed by atoms with E-state index in [-0.39, 0.29) is 11.9 Å². The van der Waals surface area contributed by atoms with Gasteiger partial charge in [0.25, 0.3) is 0 Å². The van der Waals surface area contributed by atoms with Crippen molar-refractivity contribution in [3.63, 3.8) is 0 Å². The minimum atomic E-state index is -0.277. The van der Waals surface area contributed by atoms with Crippen LogP contribution in [-0.4, -0.2) is 0 Å². The van der Waals surface area contributed by atoms with Crippen molar-refractivity contribution in [2.75, 3.05) is 0 Å². The summed E-state index contributed by atoms with van der Waals surface area (Å²) in [6, 6.07) is 4.58. The predicted octanol–water partition coefficient (Wildman–Crippen LogP) is 3.95. The molecule has 1 fully saturated rings. The zero-order valence-corrected chi connectivity index (χ0v) is 11.2. The molecule has 100 valence electrons. The summed E-state index contributed by atoms with van der Waals surface area (Å²) in [5.74, 6) is 5.93. The van der Waals surface area contributed by atoms with Gasteiger partial charge < -0.3 is 0 Å². The first-order chi connectivity index (χ1) is 8.72. The maximum absolute atomic E-state index is 13.9. The van der Waals surface area contributed by atoms with Gasteiger partial charge in [0.1, 0.15) is 5.82 Å². The smallest absolute Gasteiger partial charge is 0.129 e. The molecule has 0 aromatic heterocycles. The number of hydrogen-bond acceptors (Lipinski definition) is 2. The van der Waals surface area contributed by atoms with Crippen molar-refractivity contribution in [1.29, 1.82) is 0 Å². The molecule has 2 nitrogen and oxygen atoms in total. The third-order valence-corrected chi connectivity index (χ3v) is 4.17. The normalized spacial score (nSPS) is 18.8. The van der Waals surface area contributed by atoms with Crippen molar-refractivity contribution in [3.05, 3.63) is 34.6 Å². The highest BCUT2D eigenvalue weighted by Crippen LogP contribution is 2.34. The molecule has 1 aliphatic rings. The van der Waals surface area contributed by atoms with Crippen molar-refractivity contribution in [2.45, 2.75) is 44.6 Å². The maximum atomic E-state index is 13.9. The quantitative estimate of drug-likeness (QED) is 0.642. The van der Waals surface area contributed by atoms with E-state index in [0.717, 1.165) is 6.42 Å². The van der Waals surface area contributed by atoms with Crippen LogP contribution in [0.15, 0.2) is 18.2 Å². The van der Waals surface area contributed by atoms with Gasteiger partial charge in [0.15, 0.2) is 0 Å². The molecule has 0 saturated heterocycles. The lowest BCUT2D eigenvalue weighted by atomic mass is 9.83. The zero-order chi connectivity index (χ0) is 13.0.